The van der Waals surface area contributed by atoms with E-state index in [1.165, 1.54) is 25.9 Å². The van der Waals surface area contributed by atoms with Crippen LogP contribution in [0.5, 0.6) is 0 Å². The first-order chi connectivity index (χ1) is 3.79. The van der Waals surface area contributed by atoms with Crippen LogP contribution in [0.25, 0.3) is 0 Å². The Hall–Kier alpha value is -0.0400. The van der Waals surface area contributed by atoms with Crippen molar-refractivity contribution in [3.05, 3.63) is 7.05 Å². The van der Waals surface area contributed by atoms with Crippen molar-refractivity contribution >= 4 is 0 Å². The molecule has 1 heterocycles. The third-order valence-electron chi connectivity index (χ3n) is 1.74. The van der Waals surface area contributed by atoms with Gasteiger partial charge >= 0.3 is 0 Å². The minimum absolute atomic E-state index is 0.876. The fraction of sp³-hybridized carbons (Fsp3) is 0.857. The highest BCUT2D eigenvalue weighted by molar-refractivity contribution is 4.67. The average Bonchev–Trinajstić information content (AvgIpc) is 1.64. The second kappa shape index (κ2) is 2.49. The Balaban J connectivity index is 2.23. The van der Waals surface area contributed by atoms with Gasteiger partial charge in [-0.05, 0) is 31.8 Å². The Morgan fingerprint density at radius 1 is 1.62 bits per heavy atom. The van der Waals surface area contributed by atoms with E-state index < -0.39 is 0 Å². The highest BCUT2D eigenvalue weighted by Crippen LogP contribution is 2.13. The van der Waals surface area contributed by atoms with Crippen LogP contribution in [0, 0.1) is 13.0 Å². The van der Waals surface area contributed by atoms with Crippen molar-refractivity contribution < 1.29 is 0 Å². The van der Waals surface area contributed by atoms with Crippen LogP contribution in [0.2, 0.25) is 0 Å². The van der Waals surface area contributed by atoms with Crippen LogP contribution in [0.1, 0.15) is 19.8 Å². The molecule has 1 nitrogen and oxygen atoms in total. The van der Waals surface area contributed by atoms with Crippen LogP contribution in [0.3, 0.4) is 0 Å². The van der Waals surface area contributed by atoms with E-state index >= 15 is 0 Å². The summed E-state index contributed by atoms with van der Waals surface area (Å²) in [5.74, 6) is 0.876. The number of hydrogen-bond donors (Lipinski definition) is 0. The van der Waals surface area contributed by atoms with E-state index in [1.54, 1.807) is 0 Å². The Bertz CT molecular complexity index is 62.8. The molecule has 1 rings (SSSR count). The van der Waals surface area contributed by atoms with Crippen molar-refractivity contribution in [2.45, 2.75) is 19.8 Å². The fourth-order valence-electron chi connectivity index (χ4n) is 1.29. The largest absolute Gasteiger partial charge is 0.459 e. The van der Waals surface area contributed by atoms with Crippen molar-refractivity contribution in [2.24, 2.45) is 5.92 Å². The molecule has 0 radical (unpaired) electrons. The molecule has 0 aliphatic carbocycles. The monoisotopic (exact) mass is 112 g/mol. The molecule has 0 amide bonds. The molecule has 0 aromatic heterocycles. The van der Waals surface area contributed by atoms with Crippen LogP contribution in [0.4, 0.5) is 0 Å². The first kappa shape index (κ1) is 6.09. The zero-order chi connectivity index (χ0) is 5.98. The normalized spacial score (nSPS) is 33.0. The maximum atomic E-state index is 3.88. The zero-order valence-electron chi connectivity index (χ0n) is 5.56. The molecule has 0 aromatic carbocycles. The maximum absolute atomic E-state index is 3.88. The minimum atomic E-state index is 0.876. The summed E-state index contributed by atoms with van der Waals surface area (Å²) in [5, 5.41) is 0. The van der Waals surface area contributed by atoms with E-state index in [-0.39, 0.29) is 0 Å². The molecular weight excluding hydrogens is 98.1 g/mol. The quantitative estimate of drug-likeness (QED) is 0.429. The molecule has 0 bridgehead atoms. The van der Waals surface area contributed by atoms with Crippen LogP contribution >= 0.6 is 0 Å². The van der Waals surface area contributed by atoms with Gasteiger partial charge in [0.1, 0.15) is 0 Å². The molecular formula is C7H14N-. The maximum Gasteiger partial charge on any atom is -0.0278 e. The molecule has 1 atom stereocenters. The lowest BCUT2D eigenvalue weighted by Gasteiger charge is -2.33. The highest BCUT2D eigenvalue weighted by atomic mass is 15.1. The smallest absolute Gasteiger partial charge is 0.0278 e. The summed E-state index contributed by atoms with van der Waals surface area (Å²) < 4.78 is 0. The van der Waals surface area contributed by atoms with Crippen molar-refractivity contribution in [2.75, 3.05) is 13.1 Å². The van der Waals surface area contributed by atoms with Gasteiger partial charge < -0.3 is 4.90 Å². The van der Waals surface area contributed by atoms with Gasteiger partial charge in [-0.1, -0.05) is 6.92 Å². The number of likely N-dealkylation sites (tertiary alicyclic amines) is 1. The van der Waals surface area contributed by atoms with Crippen LogP contribution in [0.15, 0.2) is 0 Å². The predicted molar refractivity (Wildman–Crippen MR) is 35.3 cm³/mol. The molecule has 0 N–H and O–H groups in total. The Kier molecular flexibility index (Phi) is 1.90. The number of hydrogen-bond acceptors (Lipinski definition) is 1. The molecule has 0 saturated carbocycles. The van der Waals surface area contributed by atoms with Gasteiger partial charge in [0.25, 0.3) is 0 Å². The first-order valence-electron chi connectivity index (χ1n) is 3.34. The van der Waals surface area contributed by atoms with E-state index in [0.29, 0.717) is 0 Å². The Morgan fingerprint density at radius 2 is 2.38 bits per heavy atom. The lowest BCUT2D eigenvalue weighted by Crippen LogP contribution is -2.28. The van der Waals surface area contributed by atoms with Gasteiger partial charge in [0.15, 0.2) is 0 Å². The number of rotatable bonds is 0. The standard InChI is InChI=1S/C7H14N/c1-7-4-3-5-8(2)6-7/h7H,2-6H2,1H3/q-1. The predicted octanol–water partition coefficient (Wildman–Crippen LogP) is 1.51. The molecule has 48 valence electrons. The van der Waals surface area contributed by atoms with Crippen LogP contribution < -0.4 is 0 Å². The van der Waals surface area contributed by atoms with E-state index in [2.05, 4.69) is 18.9 Å². The van der Waals surface area contributed by atoms with Crippen LogP contribution in [-0.2, 0) is 0 Å². The topological polar surface area (TPSA) is 3.24 Å². The Labute approximate surface area is 51.7 Å². The fourth-order valence-corrected chi connectivity index (χ4v) is 1.29. The summed E-state index contributed by atoms with van der Waals surface area (Å²) in [7, 11) is 3.88. The minimum Gasteiger partial charge on any atom is -0.459 e. The van der Waals surface area contributed by atoms with Crippen molar-refractivity contribution in [3.8, 4) is 0 Å². The summed E-state index contributed by atoms with van der Waals surface area (Å²) in [5.41, 5.74) is 0. The van der Waals surface area contributed by atoms with Crippen molar-refractivity contribution in [1.29, 1.82) is 0 Å². The third-order valence-corrected chi connectivity index (χ3v) is 1.74. The molecule has 0 spiro atoms. The summed E-state index contributed by atoms with van der Waals surface area (Å²) in [6.07, 6.45) is 2.73. The van der Waals surface area contributed by atoms with Crippen molar-refractivity contribution in [1.82, 2.24) is 4.90 Å². The number of nitrogens with zero attached hydrogens (tertiary/aromatic N) is 1. The summed E-state index contributed by atoms with van der Waals surface area (Å²) in [6.45, 7) is 4.68. The highest BCUT2D eigenvalue weighted by Gasteiger charge is 2.07. The Morgan fingerprint density at radius 3 is 2.75 bits per heavy atom. The molecule has 1 unspecified atom stereocenters. The molecule has 0 aromatic rings. The van der Waals surface area contributed by atoms with Gasteiger partial charge in [-0.25, -0.2) is 0 Å². The molecule has 1 aliphatic heterocycles. The second-order valence-corrected chi connectivity index (χ2v) is 2.82. The lowest BCUT2D eigenvalue weighted by atomic mass is 10.0. The molecule has 1 heteroatoms. The first-order valence-corrected chi connectivity index (χ1v) is 3.34. The van der Waals surface area contributed by atoms with Gasteiger partial charge in [-0.15, -0.1) is 0 Å². The van der Waals surface area contributed by atoms with Gasteiger partial charge in [0.05, 0.1) is 0 Å². The van der Waals surface area contributed by atoms with E-state index in [4.69, 9.17) is 0 Å². The molecule has 8 heavy (non-hydrogen) atoms. The van der Waals surface area contributed by atoms with E-state index in [0.717, 1.165) is 5.92 Å². The molecule has 1 aliphatic rings. The van der Waals surface area contributed by atoms with Crippen molar-refractivity contribution in [3.63, 3.8) is 0 Å². The summed E-state index contributed by atoms with van der Waals surface area (Å²) in [4.78, 5) is 2.16. The van der Waals surface area contributed by atoms with E-state index in [1.807, 2.05) is 0 Å². The zero-order valence-corrected chi connectivity index (χ0v) is 5.56. The number of piperidine rings is 1. The van der Waals surface area contributed by atoms with Gasteiger partial charge in [-0.2, -0.15) is 0 Å². The average molecular weight is 112 g/mol. The van der Waals surface area contributed by atoms with Gasteiger partial charge in [0, 0.05) is 0 Å². The van der Waals surface area contributed by atoms with Crippen LogP contribution in [-0.4, -0.2) is 18.0 Å². The second-order valence-electron chi connectivity index (χ2n) is 2.82. The van der Waals surface area contributed by atoms with Gasteiger partial charge in [0.2, 0.25) is 0 Å². The summed E-state index contributed by atoms with van der Waals surface area (Å²) >= 11 is 0. The lowest BCUT2D eigenvalue weighted by molar-refractivity contribution is 0.244. The van der Waals surface area contributed by atoms with Gasteiger partial charge in [-0.3, -0.25) is 7.05 Å². The van der Waals surface area contributed by atoms with E-state index in [9.17, 15) is 0 Å². The molecule has 1 fully saturated rings. The SMILES string of the molecule is [CH2-]N1CCCC(C)C1. The molecule has 1 saturated heterocycles. The third kappa shape index (κ3) is 1.48. The summed E-state index contributed by atoms with van der Waals surface area (Å²) in [6, 6.07) is 0.